The molecule has 0 aromatic carbocycles. The highest BCUT2D eigenvalue weighted by Gasteiger charge is 2.33. The van der Waals surface area contributed by atoms with Crippen molar-refractivity contribution < 1.29 is 24.6 Å². The topological polar surface area (TPSA) is 107 Å². The van der Waals surface area contributed by atoms with Crippen LogP contribution in [0.25, 0.3) is 0 Å². The van der Waals surface area contributed by atoms with Crippen molar-refractivity contribution in [2.45, 2.75) is 39.2 Å². The Morgan fingerprint density at radius 2 is 1.81 bits per heavy atom. The summed E-state index contributed by atoms with van der Waals surface area (Å²) in [6.07, 6.45) is 1.11. The number of aliphatic carboxylic acids is 1. The van der Waals surface area contributed by atoms with E-state index in [1.165, 1.54) is 0 Å². The molecule has 1 heterocycles. The van der Waals surface area contributed by atoms with E-state index in [2.05, 4.69) is 5.32 Å². The quantitative estimate of drug-likeness (QED) is 0.653. The molecule has 120 valence electrons. The minimum atomic E-state index is -1.97. The summed E-state index contributed by atoms with van der Waals surface area (Å²) in [5.41, 5.74) is -1.97. The Kier molecular flexibility index (Phi) is 5.71. The molecule has 1 saturated heterocycles. The van der Waals surface area contributed by atoms with Crippen molar-refractivity contribution >= 4 is 17.8 Å². The van der Waals surface area contributed by atoms with E-state index in [1.807, 2.05) is 13.8 Å². The lowest BCUT2D eigenvalue weighted by Gasteiger charge is -2.32. The summed E-state index contributed by atoms with van der Waals surface area (Å²) in [6, 6.07) is 0. The molecule has 7 nitrogen and oxygen atoms in total. The highest BCUT2D eigenvalue weighted by Crippen LogP contribution is 2.19. The Labute approximate surface area is 124 Å². The third-order valence-corrected chi connectivity index (χ3v) is 3.74. The molecular weight excluding hydrogens is 276 g/mol. The average molecular weight is 300 g/mol. The lowest BCUT2D eigenvalue weighted by atomic mass is 9.94. The fourth-order valence-electron chi connectivity index (χ4n) is 2.21. The van der Waals surface area contributed by atoms with Crippen molar-refractivity contribution in [2.24, 2.45) is 11.8 Å². The largest absolute Gasteiger partial charge is 0.479 e. The number of carbonyl (C=O) groups is 3. The summed E-state index contributed by atoms with van der Waals surface area (Å²) < 4.78 is 0. The van der Waals surface area contributed by atoms with E-state index in [0.717, 1.165) is 6.92 Å². The Bertz CT molecular complexity index is 412. The van der Waals surface area contributed by atoms with Crippen LogP contribution in [0.1, 0.15) is 33.6 Å². The van der Waals surface area contributed by atoms with E-state index in [4.69, 9.17) is 5.11 Å². The minimum Gasteiger partial charge on any atom is -0.479 e. The summed E-state index contributed by atoms with van der Waals surface area (Å²) in [6.45, 7) is 5.56. The predicted octanol–water partition coefficient (Wildman–Crippen LogP) is -0.167. The molecule has 0 bridgehead atoms. The summed E-state index contributed by atoms with van der Waals surface area (Å²) in [5, 5.41) is 20.8. The Morgan fingerprint density at radius 3 is 2.24 bits per heavy atom. The third-order valence-electron chi connectivity index (χ3n) is 3.74. The Morgan fingerprint density at radius 1 is 1.29 bits per heavy atom. The van der Waals surface area contributed by atoms with Gasteiger partial charge in [-0.2, -0.15) is 0 Å². The molecule has 1 atom stereocenters. The molecule has 7 heteroatoms. The van der Waals surface area contributed by atoms with Gasteiger partial charge in [-0.15, -0.1) is 0 Å². The minimum absolute atomic E-state index is 0.0546. The summed E-state index contributed by atoms with van der Waals surface area (Å²) in [7, 11) is 0. The van der Waals surface area contributed by atoms with Gasteiger partial charge >= 0.3 is 5.97 Å². The van der Waals surface area contributed by atoms with Gasteiger partial charge in [0.2, 0.25) is 11.8 Å². The lowest BCUT2D eigenvalue weighted by Crippen LogP contribution is -2.49. The van der Waals surface area contributed by atoms with Crippen LogP contribution >= 0.6 is 0 Å². The number of hydrogen-bond acceptors (Lipinski definition) is 4. The van der Waals surface area contributed by atoms with Crippen LogP contribution in [0.2, 0.25) is 0 Å². The first kappa shape index (κ1) is 17.4. The Balaban J connectivity index is 2.42. The van der Waals surface area contributed by atoms with E-state index in [1.54, 1.807) is 4.90 Å². The zero-order chi connectivity index (χ0) is 16.2. The molecule has 0 aromatic rings. The molecule has 1 unspecified atom stereocenters. The van der Waals surface area contributed by atoms with Crippen LogP contribution in [0, 0.1) is 11.8 Å². The van der Waals surface area contributed by atoms with Gasteiger partial charge in [-0.05, 0) is 19.8 Å². The smallest absolute Gasteiger partial charge is 0.337 e. The van der Waals surface area contributed by atoms with Crippen molar-refractivity contribution in [3.63, 3.8) is 0 Å². The molecule has 0 aliphatic carbocycles. The second-order valence-corrected chi connectivity index (χ2v) is 6.05. The maximum Gasteiger partial charge on any atom is 0.337 e. The van der Waals surface area contributed by atoms with Crippen molar-refractivity contribution in [3.05, 3.63) is 0 Å². The zero-order valence-corrected chi connectivity index (χ0v) is 12.8. The number of carbonyl (C=O) groups excluding carboxylic acids is 2. The highest BCUT2D eigenvalue weighted by molar-refractivity contribution is 5.82. The fraction of sp³-hybridized carbons (Fsp3) is 0.786. The van der Waals surface area contributed by atoms with Gasteiger partial charge in [-0.25, -0.2) is 4.79 Å². The van der Waals surface area contributed by atoms with Gasteiger partial charge in [0.05, 0.1) is 6.54 Å². The summed E-state index contributed by atoms with van der Waals surface area (Å²) in [5.74, 6) is -1.86. The van der Waals surface area contributed by atoms with E-state index in [-0.39, 0.29) is 30.2 Å². The van der Waals surface area contributed by atoms with Gasteiger partial charge in [0.25, 0.3) is 0 Å². The SMILES string of the molecule is CC(C)C(=O)N1CCC(C(=O)NCC(C)(O)C(=O)O)CC1. The lowest BCUT2D eigenvalue weighted by molar-refractivity contribution is -0.156. The summed E-state index contributed by atoms with van der Waals surface area (Å²) in [4.78, 5) is 36.3. The number of carboxylic acids is 1. The van der Waals surface area contributed by atoms with E-state index in [9.17, 15) is 19.5 Å². The first-order valence-electron chi connectivity index (χ1n) is 7.17. The van der Waals surface area contributed by atoms with Gasteiger partial charge in [-0.1, -0.05) is 13.8 Å². The number of nitrogens with one attached hydrogen (secondary N) is 1. The van der Waals surface area contributed by atoms with Crippen LogP contribution in [-0.2, 0) is 14.4 Å². The number of nitrogens with zero attached hydrogens (tertiary/aromatic N) is 1. The molecule has 1 fully saturated rings. The molecule has 3 N–H and O–H groups in total. The number of aliphatic hydroxyl groups is 1. The van der Waals surface area contributed by atoms with Crippen LogP contribution in [0.3, 0.4) is 0 Å². The average Bonchev–Trinajstić information content (AvgIpc) is 2.44. The molecule has 1 aliphatic heterocycles. The zero-order valence-electron chi connectivity index (χ0n) is 12.8. The molecule has 0 saturated carbocycles. The number of carboxylic acid groups (broad SMARTS) is 1. The van der Waals surface area contributed by atoms with Crippen molar-refractivity contribution in [1.29, 1.82) is 0 Å². The number of amides is 2. The standard InChI is InChI=1S/C14H24N2O5/c1-9(2)12(18)16-6-4-10(5-7-16)11(17)15-8-14(3,21)13(19)20/h9-10,21H,4-8H2,1-3H3,(H,15,17)(H,19,20). The van der Waals surface area contributed by atoms with Crippen LogP contribution < -0.4 is 5.32 Å². The van der Waals surface area contributed by atoms with Crippen molar-refractivity contribution in [1.82, 2.24) is 10.2 Å². The molecular formula is C14H24N2O5. The normalized spacial score (nSPS) is 19.2. The van der Waals surface area contributed by atoms with E-state index < -0.39 is 11.6 Å². The maximum absolute atomic E-state index is 12.0. The maximum atomic E-state index is 12.0. The van der Waals surface area contributed by atoms with Gasteiger partial charge in [-0.3, -0.25) is 9.59 Å². The second kappa shape index (κ2) is 6.89. The summed E-state index contributed by atoms with van der Waals surface area (Å²) >= 11 is 0. The monoisotopic (exact) mass is 300 g/mol. The van der Waals surface area contributed by atoms with Crippen LogP contribution in [0.4, 0.5) is 0 Å². The number of piperidine rings is 1. The molecule has 0 radical (unpaired) electrons. The van der Waals surface area contributed by atoms with Gasteiger partial charge in [0, 0.05) is 24.9 Å². The molecule has 2 amide bonds. The molecule has 21 heavy (non-hydrogen) atoms. The van der Waals surface area contributed by atoms with Crippen LogP contribution in [0.15, 0.2) is 0 Å². The molecule has 1 aliphatic rings. The molecule has 0 spiro atoms. The van der Waals surface area contributed by atoms with Crippen molar-refractivity contribution in [2.75, 3.05) is 19.6 Å². The fourth-order valence-corrected chi connectivity index (χ4v) is 2.21. The Hall–Kier alpha value is -1.63. The van der Waals surface area contributed by atoms with Crippen molar-refractivity contribution in [3.8, 4) is 0 Å². The van der Waals surface area contributed by atoms with Crippen LogP contribution in [-0.4, -0.2) is 58.1 Å². The number of hydrogen-bond donors (Lipinski definition) is 3. The number of likely N-dealkylation sites (tertiary alicyclic amines) is 1. The second-order valence-electron chi connectivity index (χ2n) is 6.05. The van der Waals surface area contributed by atoms with Gasteiger partial charge in [0.15, 0.2) is 5.60 Å². The highest BCUT2D eigenvalue weighted by atomic mass is 16.4. The third kappa shape index (κ3) is 4.70. The van der Waals surface area contributed by atoms with Gasteiger partial charge < -0.3 is 20.4 Å². The first-order chi connectivity index (χ1) is 9.65. The molecule has 0 aromatic heterocycles. The first-order valence-corrected chi connectivity index (χ1v) is 7.17. The number of rotatable bonds is 5. The van der Waals surface area contributed by atoms with Crippen LogP contribution in [0.5, 0.6) is 0 Å². The van der Waals surface area contributed by atoms with E-state index >= 15 is 0 Å². The predicted molar refractivity (Wildman–Crippen MR) is 75.4 cm³/mol. The molecule has 1 rings (SSSR count). The van der Waals surface area contributed by atoms with E-state index in [0.29, 0.717) is 25.9 Å². The van der Waals surface area contributed by atoms with Gasteiger partial charge in [0.1, 0.15) is 0 Å².